The van der Waals surface area contributed by atoms with Gasteiger partial charge in [0.1, 0.15) is 0 Å². The minimum Gasteiger partial charge on any atom is -0.384 e. The van der Waals surface area contributed by atoms with Crippen molar-refractivity contribution in [3.63, 3.8) is 0 Å². The van der Waals surface area contributed by atoms with Crippen LogP contribution in [-0.4, -0.2) is 38.3 Å². The van der Waals surface area contributed by atoms with Gasteiger partial charge < -0.3 is 9.64 Å². The molecule has 78 valence electrons. The van der Waals surface area contributed by atoms with Crippen LogP contribution in [0.2, 0.25) is 0 Å². The molecule has 1 saturated heterocycles. The molecule has 2 atom stereocenters. The fourth-order valence-corrected chi connectivity index (χ4v) is 2.61. The number of likely N-dealkylation sites (tertiary alicyclic amines) is 1. The van der Waals surface area contributed by atoms with Crippen LogP contribution >= 0.6 is 0 Å². The zero-order valence-corrected chi connectivity index (χ0v) is 9.47. The Morgan fingerprint density at radius 3 is 2.77 bits per heavy atom. The zero-order valence-electron chi connectivity index (χ0n) is 9.47. The van der Waals surface area contributed by atoms with Crippen LogP contribution in [-0.2, 0) is 4.74 Å². The summed E-state index contributed by atoms with van der Waals surface area (Å²) in [7, 11) is 4.04. The summed E-state index contributed by atoms with van der Waals surface area (Å²) < 4.78 is 5.37. The highest BCUT2D eigenvalue weighted by Crippen LogP contribution is 2.38. The summed E-state index contributed by atoms with van der Waals surface area (Å²) >= 11 is 0. The summed E-state index contributed by atoms with van der Waals surface area (Å²) in [6, 6.07) is 0.659. The molecular weight excluding hydrogens is 162 g/mol. The van der Waals surface area contributed by atoms with Gasteiger partial charge >= 0.3 is 0 Å². The summed E-state index contributed by atoms with van der Waals surface area (Å²) in [5.74, 6) is 0. The van der Waals surface area contributed by atoms with Crippen molar-refractivity contribution in [2.45, 2.75) is 39.2 Å². The Hall–Kier alpha value is -0.0800. The first-order chi connectivity index (χ1) is 6.16. The molecule has 0 saturated carbocycles. The summed E-state index contributed by atoms with van der Waals surface area (Å²) in [5.41, 5.74) is 0.405. The highest BCUT2D eigenvalue weighted by molar-refractivity contribution is 4.91. The standard InChI is InChI=1S/C11H23NO/c1-5-11(9-13-4)7-6-8-12(3)10(11)2/h10H,5-9H2,1-4H3. The quantitative estimate of drug-likeness (QED) is 0.668. The third-order valence-corrected chi connectivity index (χ3v) is 3.87. The Morgan fingerprint density at radius 1 is 1.54 bits per heavy atom. The number of nitrogens with zero attached hydrogens (tertiary/aromatic N) is 1. The first-order valence-corrected chi connectivity index (χ1v) is 5.35. The number of piperidine rings is 1. The Balaban J connectivity index is 2.70. The molecule has 0 aromatic heterocycles. The molecule has 2 heteroatoms. The van der Waals surface area contributed by atoms with Crippen molar-refractivity contribution in [3.05, 3.63) is 0 Å². The van der Waals surface area contributed by atoms with E-state index in [4.69, 9.17) is 4.74 Å². The van der Waals surface area contributed by atoms with Crippen LogP contribution in [0.1, 0.15) is 33.1 Å². The fourth-order valence-electron chi connectivity index (χ4n) is 2.61. The van der Waals surface area contributed by atoms with Gasteiger partial charge in [-0.3, -0.25) is 0 Å². The van der Waals surface area contributed by atoms with Gasteiger partial charge in [-0.2, -0.15) is 0 Å². The van der Waals surface area contributed by atoms with E-state index in [2.05, 4.69) is 25.8 Å². The number of methoxy groups -OCH3 is 1. The first kappa shape index (κ1) is 11.0. The number of hydrogen-bond donors (Lipinski definition) is 0. The molecule has 2 unspecified atom stereocenters. The molecule has 0 spiro atoms. The van der Waals surface area contributed by atoms with Crippen LogP contribution in [0.25, 0.3) is 0 Å². The van der Waals surface area contributed by atoms with Gasteiger partial charge in [0, 0.05) is 18.6 Å². The minimum atomic E-state index is 0.405. The molecule has 0 N–H and O–H groups in total. The highest BCUT2D eigenvalue weighted by Gasteiger charge is 2.39. The first-order valence-electron chi connectivity index (χ1n) is 5.35. The van der Waals surface area contributed by atoms with Crippen LogP contribution in [0.5, 0.6) is 0 Å². The van der Waals surface area contributed by atoms with Crippen molar-refractivity contribution in [3.8, 4) is 0 Å². The molecule has 1 heterocycles. The number of hydrogen-bond acceptors (Lipinski definition) is 2. The minimum absolute atomic E-state index is 0.405. The van der Waals surface area contributed by atoms with E-state index in [0.29, 0.717) is 11.5 Å². The topological polar surface area (TPSA) is 12.5 Å². The van der Waals surface area contributed by atoms with Crippen LogP contribution < -0.4 is 0 Å². The summed E-state index contributed by atoms with van der Waals surface area (Å²) in [5, 5.41) is 0. The third-order valence-electron chi connectivity index (χ3n) is 3.87. The summed E-state index contributed by atoms with van der Waals surface area (Å²) in [4.78, 5) is 2.46. The molecule has 1 fully saturated rings. The van der Waals surface area contributed by atoms with E-state index < -0.39 is 0 Å². The van der Waals surface area contributed by atoms with Crippen molar-refractivity contribution in [1.82, 2.24) is 4.90 Å². The van der Waals surface area contributed by atoms with E-state index in [1.54, 1.807) is 0 Å². The van der Waals surface area contributed by atoms with Crippen molar-refractivity contribution >= 4 is 0 Å². The van der Waals surface area contributed by atoms with Crippen molar-refractivity contribution < 1.29 is 4.74 Å². The Bertz CT molecular complexity index is 156. The van der Waals surface area contributed by atoms with E-state index in [1.807, 2.05) is 7.11 Å². The van der Waals surface area contributed by atoms with Crippen LogP contribution in [0.4, 0.5) is 0 Å². The second kappa shape index (κ2) is 4.43. The van der Waals surface area contributed by atoms with Crippen molar-refractivity contribution in [1.29, 1.82) is 0 Å². The van der Waals surface area contributed by atoms with Crippen LogP contribution in [0, 0.1) is 5.41 Å². The lowest BCUT2D eigenvalue weighted by Crippen LogP contribution is -2.50. The SMILES string of the molecule is CCC1(COC)CCCN(C)C1C. The Kier molecular flexibility index (Phi) is 3.74. The average Bonchev–Trinajstić information content (AvgIpc) is 2.13. The second-order valence-electron chi connectivity index (χ2n) is 4.41. The number of ether oxygens (including phenoxy) is 1. The zero-order chi connectivity index (χ0) is 9.90. The number of rotatable bonds is 3. The lowest BCUT2D eigenvalue weighted by molar-refractivity contribution is -0.0244. The van der Waals surface area contributed by atoms with E-state index in [9.17, 15) is 0 Å². The molecule has 1 aliphatic rings. The van der Waals surface area contributed by atoms with Gasteiger partial charge in [-0.25, -0.2) is 0 Å². The molecule has 0 aromatic rings. The van der Waals surface area contributed by atoms with Gasteiger partial charge in [-0.15, -0.1) is 0 Å². The largest absolute Gasteiger partial charge is 0.384 e. The Labute approximate surface area is 82.3 Å². The maximum Gasteiger partial charge on any atom is 0.0533 e. The molecule has 0 radical (unpaired) electrons. The molecule has 0 aliphatic carbocycles. The maximum atomic E-state index is 5.37. The van der Waals surface area contributed by atoms with E-state index in [0.717, 1.165) is 6.61 Å². The lowest BCUT2D eigenvalue weighted by Gasteiger charge is -2.46. The van der Waals surface area contributed by atoms with Gasteiger partial charge in [0.05, 0.1) is 6.61 Å². The molecule has 0 aromatic carbocycles. The fraction of sp³-hybridized carbons (Fsp3) is 1.00. The van der Waals surface area contributed by atoms with Crippen molar-refractivity contribution in [2.75, 3.05) is 27.3 Å². The van der Waals surface area contributed by atoms with Crippen molar-refractivity contribution in [2.24, 2.45) is 5.41 Å². The maximum absolute atomic E-state index is 5.37. The molecule has 1 aliphatic heterocycles. The average molecular weight is 185 g/mol. The van der Waals surface area contributed by atoms with E-state index >= 15 is 0 Å². The summed E-state index contributed by atoms with van der Waals surface area (Å²) in [6.07, 6.45) is 3.87. The van der Waals surface area contributed by atoms with Gasteiger partial charge in [0.15, 0.2) is 0 Å². The second-order valence-corrected chi connectivity index (χ2v) is 4.41. The molecule has 1 rings (SSSR count). The van der Waals surface area contributed by atoms with Gasteiger partial charge in [0.2, 0.25) is 0 Å². The highest BCUT2D eigenvalue weighted by atomic mass is 16.5. The molecule has 13 heavy (non-hydrogen) atoms. The molecular formula is C11H23NO. The predicted molar refractivity (Wildman–Crippen MR) is 55.9 cm³/mol. The monoisotopic (exact) mass is 185 g/mol. The normalized spacial score (nSPS) is 36.5. The van der Waals surface area contributed by atoms with Gasteiger partial charge in [-0.05, 0) is 39.8 Å². The van der Waals surface area contributed by atoms with E-state index in [1.165, 1.54) is 25.8 Å². The third kappa shape index (κ3) is 2.05. The Morgan fingerprint density at radius 2 is 2.23 bits per heavy atom. The van der Waals surface area contributed by atoms with Gasteiger partial charge in [0.25, 0.3) is 0 Å². The molecule has 2 nitrogen and oxygen atoms in total. The predicted octanol–water partition coefficient (Wildman–Crippen LogP) is 2.14. The molecule has 0 amide bonds. The van der Waals surface area contributed by atoms with E-state index in [-0.39, 0.29) is 0 Å². The van der Waals surface area contributed by atoms with Crippen LogP contribution in [0.15, 0.2) is 0 Å². The van der Waals surface area contributed by atoms with Crippen LogP contribution in [0.3, 0.4) is 0 Å². The smallest absolute Gasteiger partial charge is 0.0533 e. The summed E-state index contributed by atoms with van der Waals surface area (Å²) in [6.45, 7) is 6.78. The lowest BCUT2D eigenvalue weighted by atomic mass is 9.72. The molecule has 0 bridgehead atoms. The van der Waals surface area contributed by atoms with Gasteiger partial charge in [-0.1, -0.05) is 6.92 Å².